The van der Waals surface area contributed by atoms with Gasteiger partial charge in [0, 0.05) is 19.8 Å². The molecule has 1 rings (SSSR count). The van der Waals surface area contributed by atoms with E-state index in [4.69, 9.17) is 0 Å². The molecule has 1 N–H and O–H groups in total. The molecule has 96 valence electrons. The molecule has 0 unspecified atom stereocenters. The lowest BCUT2D eigenvalue weighted by Gasteiger charge is -2.24. The molecule has 0 spiro atoms. The quantitative estimate of drug-likeness (QED) is 0.928. The number of hydrogen-bond acceptors (Lipinski definition) is 4. The molecule has 0 bridgehead atoms. The molecule has 0 saturated heterocycles. The Morgan fingerprint density at radius 1 is 1.47 bits per heavy atom. The first-order valence-electron chi connectivity index (χ1n) is 4.89. The van der Waals surface area contributed by atoms with Crippen molar-refractivity contribution in [3.8, 4) is 0 Å². The van der Waals surface area contributed by atoms with Crippen LogP contribution in [-0.2, 0) is 0 Å². The molecule has 0 aliphatic rings. The normalized spacial score (nSPS) is 11.4. The maximum Gasteiger partial charge on any atom is 0.405 e. The van der Waals surface area contributed by atoms with E-state index in [-0.39, 0.29) is 18.3 Å². The Hall–Kier alpha value is -1.05. The summed E-state index contributed by atoms with van der Waals surface area (Å²) in [5.41, 5.74) is 0. The number of alkyl halides is 3. The topological polar surface area (TPSA) is 41.1 Å². The van der Waals surface area contributed by atoms with E-state index in [0.29, 0.717) is 4.47 Å². The Morgan fingerprint density at radius 2 is 2.12 bits per heavy atom. The van der Waals surface area contributed by atoms with Gasteiger partial charge in [0.25, 0.3) is 0 Å². The monoisotopic (exact) mass is 312 g/mol. The van der Waals surface area contributed by atoms with Crippen LogP contribution in [0.25, 0.3) is 0 Å². The third kappa shape index (κ3) is 4.03. The third-order valence-corrected chi connectivity index (χ3v) is 2.56. The Labute approximate surface area is 105 Å². The summed E-state index contributed by atoms with van der Waals surface area (Å²) >= 11 is 3.15. The molecule has 0 fully saturated rings. The highest BCUT2D eigenvalue weighted by atomic mass is 79.9. The lowest BCUT2D eigenvalue weighted by molar-refractivity contribution is -0.119. The Kier molecular flexibility index (Phi) is 4.55. The molecule has 0 aliphatic carbocycles. The summed E-state index contributed by atoms with van der Waals surface area (Å²) in [7, 11) is 1.60. The van der Waals surface area contributed by atoms with Crippen molar-refractivity contribution in [1.82, 2.24) is 9.97 Å². The summed E-state index contributed by atoms with van der Waals surface area (Å²) in [4.78, 5) is 9.03. The number of nitrogens with one attached hydrogen (secondary N) is 1. The van der Waals surface area contributed by atoms with E-state index < -0.39 is 12.7 Å². The molecule has 0 saturated carbocycles. The van der Waals surface area contributed by atoms with Gasteiger partial charge in [-0.15, -0.1) is 0 Å². The number of rotatable bonds is 4. The molecule has 0 amide bonds. The van der Waals surface area contributed by atoms with E-state index in [1.807, 2.05) is 0 Å². The Morgan fingerprint density at radius 3 is 2.59 bits per heavy atom. The van der Waals surface area contributed by atoms with E-state index in [2.05, 4.69) is 31.2 Å². The summed E-state index contributed by atoms with van der Waals surface area (Å²) in [5, 5.41) is 2.69. The van der Waals surface area contributed by atoms with Crippen molar-refractivity contribution in [3.63, 3.8) is 0 Å². The summed E-state index contributed by atoms with van der Waals surface area (Å²) < 4.78 is 37.6. The van der Waals surface area contributed by atoms with Gasteiger partial charge in [0.2, 0.25) is 5.95 Å². The van der Waals surface area contributed by atoms with Gasteiger partial charge in [0.05, 0.1) is 4.47 Å². The van der Waals surface area contributed by atoms with E-state index in [9.17, 15) is 13.2 Å². The summed E-state index contributed by atoms with van der Waals surface area (Å²) in [6.07, 6.45) is -2.84. The smallest absolute Gasteiger partial charge is 0.357 e. The average molecular weight is 313 g/mol. The largest absolute Gasteiger partial charge is 0.405 e. The SMILES string of the molecule is CCN(CC(F)(F)F)c1nc(NC)ncc1Br. The molecule has 0 atom stereocenters. The van der Waals surface area contributed by atoms with Gasteiger partial charge in [-0.05, 0) is 22.9 Å². The second kappa shape index (κ2) is 5.52. The summed E-state index contributed by atoms with van der Waals surface area (Å²) in [5.74, 6) is 0.507. The first-order valence-corrected chi connectivity index (χ1v) is 5.68. The standard InChI is InChI=1S/C9H12BrF3N4/c1-3-17(5-9(11,12)13)7-6(10)4-15-8(14-2)16-7/h4H,3,5H2,1-2H3,(H,14,15,16). The van der Waals surface area contributed by atoms with Crippen molar-refractivity contribution in [1.29, 1.82) is 0 Å². The van der Waals surface area contributed by atoms with Gasteiger partial charge in [-0.1, -0.05) is 0 Å². The van der Waals surface area contributed by atoms with Crippen LogP contribution < -0.4 is 10.2 Å². The van der Waals surface area contributed by atoms with Gasteiger partial charge >= 0.3 is 6.18 Å². The van der Waals surface area contributed by atoms with Gasteiger partial charge in [-0.25, -0.2) is 4.98 Å². The van der Waals surface area contributed by atoms with Gasteiger partial charge in [-0.3, -0.25) is 0 Å². The van der Waals surface area contributed by atoms with Crippen LogP contribution in [0.2, 0.25) is 0 Å². The molecule has 8 heteroatoms. The highest BCUT2D eigenvalue weighted by Crippen LogP contribution is 2.27. The number of hydrogen-bond donors (Lipinski definition) is 1. The highest BCUT2D eigenvalue weighted by molar-refractivity contribution is 9.10. The Balaban J connectivity index is 3.02. The first-order chi connectivity index (χ1) is 7.87. The fourth-order valence-corrected chi connectivity index (χ4v) is 1.70. The van der Waals surface area contributed by atoms with Crippen molar-refractivity contribution in [3.05, 3.63) is 10.7 Å². The van der Waals surface area contributed by atoms with Crippen molar-refractivity contribution < 1.29 is 13.2 Å². The molecule has 0 radical (unpaired) electrons. The number of halogens is 4. The maximum atomic E-state index is 12.4. The summed E-state index contributed by atoms with van der Waals surface area (Å²) in [6.45, 7) is 0.805. The molecule has 0 aliphatic heterocycles. The Bertz CT molecular complexity index is 383. The molecule has 17 heavy (non-hydrogen) atoms. The van der Waals surface area contributed by atoms with Crippen molar-refractivity contribution in [2.45, 2.75) is 13.1 Å². The van der Waals surface area contributed by atoms with Crippen LogP contribution in [0.1, 0.15) is 6.92 Å². The molecule has 1 heterocycles. The molecular formula is C9H12BrF3N4. The van der Waals surface area contributed by atoms with Crippen molar-refractivity contribution in [2.24, 2.45) is 0 Å². The minimum absolute atomic E-state index is 0.207. The lowest BCUT2D eigenvalue weighted by atomic mass is 10.4. The molecular weight excluding hydrogens is 301 g/mol. The minimum Gasteiger partial charge on any atom is -0.357 e. The van der Waals surface area contributed by atoms with Gasteiger partial charge in [-0.2, -0.15) is 18.2 Å². The predicted octanol–water partition coefficient (Wildman–Crippen LogP) is 2.67. The summed E-state index contributed by atoms with van der Waals surface area (Å²) in [6, 6.07) is 0. The molecule has 0 aromatic carbocycles. The van der Waals surface area contributed by atoms with Crippen LogP contribution in [0.15, 0.2) is 10.7 Å². The van der Waals surface area contributed by atoms with Gasteiger partial charge in [0.15, 0.2) is 0 Å². The van der Waals surface area contributed by atoms with E-state index in [1.54, 1.807) is 14.0 Å². The average Bonchev–Trinajstić information content (AvgIpc) is 2.25. The van der Waals surface area contributed by atoms with Gasteiger partial charge in [0.1, 0.15) is 12.4 Å². The van der Waals surface area contributed by atoms with E-state index >= 15 is 0 Å². The first kappa shape index (κ1) is 14.0. The highest BCUT2D eigenvalue weighted by Gasteiger charge is 2.31. The van der Waals surface area contributed by atoms with E-state index in [0.717, 1.165) is 4.90 Å². The second-order valence-electron chi connectivity index (χ2n) is 3.24. The molecule has 1 aromatic heterocycles. The zero-order chi connectivity index (χ0) is 13.1. The van der Waals surface area contributed by atoms with E-state index in [1.165, 1.54) is 6.20 Å². The van der Waals surface area contributed by atoms with Crippen molar-refractivity contribution >= 4 is 27.7 Å². The second-order valence-corrected chi connectivity index (χ2v) is 4.10. The van der Waals surface area contributed by atoms with Crippen LogP contribution >= 0.6 is 15.9 Å². The maximum absolute atomic E-state index is 12.4. The van der Waals surface area contributed by atoms with Gasteiger partial charge < -0.3 is 10.2 Å². The number of nitrogens with zero attached hydrogens (tertiary/aromatic N) is 3. The number of aromatic nitrogens is 2. The van der Waals surface area contributed by atoms with Crippen LogP contribution in [-0.4, -0.2) is 36.3 Å². The van der Waals surface area contributed by atoms with Crippen molar-refractivity contribution in [2.75, 3.05) is 30.4 Å². The number of anilines is 2. The predicted molar refractivity (Wildman–Crippen MR) is 63.2 cm³/mol. The van der Waals surface area contributed by atoms with Crippen LogP contribution in [0.4, 0.5) is 24.9 Å². The third-order valence-electron chi connectivity index (χ3n) is 2.00. The van der Waals surface area contributed by atoms with Crippen LogP contribution in [0, 0.1) is 0 Å². The fraction of sp³-hybridized carbons (Fsp3) is 0.556. The zero-order valence-electron chi connectivity index (χ0n) is 9.35. The van der Waals surface area contributed by atoms with Crippen LogP contribution in [0.5, 0.6) is 0 Å². The zero-order valence-corrected chi connectivity index (χ0v) is 10.9. The molecule has 4 nitrogen and oxygen atoms in total. The fourth-order valence-electron chi connectivity index (χ4n) is 1.25. The lowest BCUT2D eigenvalue weighted by Crippen LogP contribution is -2.35. The molecule has 1 aromatic rings. The van der Waals surface area contributed by atoms with Crippen LogP contribution in [0.3, 0.4) is 0 Å². The minimum atomic E-state index is -4.26.